The molecule has 146 valence electrons. The van der Waals surface area contributed by atoms with Crippen LogP contribution in [0.15, 0.2) is 47.4 Å². The van der Waals surface area contributed by atoms with E-state index in [9.17, 15) is 30.8 Å². The average molecular weight is 426 g/mol. The second kappa shape index (κ2) is 7.73. The number of carboxylic acid groups (broad SMARTS) is 1. The first-order chi connectivity index (χ1) is 12.4. The molecule has 0 saturated carbocycles. The van der Waals surface area contributed by atoms with E-state index in [-0.39, 0.29) is 5.02 Å². The third kappa shape index (κ3) is 4.89. The highest BCUT2D eigenvalue weighted by molar-refractivity contribution is 7.92. The average Bonchev–Trinajstić information content (AvgIpc) is 2.55. The molecule has 0 amide bonds. The fraction of sp³-hybridized carbons (Fsp3) is 0.188. The Hall–Kier alpha value is -2.33. The molecule has 0 atom stereocenters. The van der Waals surface area contributed by atoms with Crippen LogP contribution in [0.1, 0.15) is 12.0 Å². The number of nitrogens with zero attached hydrogens (tertiary/aromatic N) is 1. The first kappa shape index (κ1) is 21.0. The Morgan fingerprint density at radius 3 is 2.22 bits per heavy atom. The Balaban J connectivity index is 2.61. The van der Waals surface area contributed by atoms with Gasteiger partial charge in [0.15, 0.2) is 0 Å². The van der Waals surface area contributed by atoms with Gasteiger partial charge in [-0.15, -0.1) is 0 Å². The first-order valence-corrected chi connectivity index (χ1v) is 9.11. The molecule has 0 radical (unpaired) electrons. The van der Waals surface area contributed by atoms with Crippen molar-refractivity contribution in [1.82, 2.24) is 0 Å². The number of sulfonamides is 1. The largest absolute Gasteiger partial charge is 0.481 e. The maximum absolute atomic E-state index is 13.1. The van der Waals surface area contributed by atoms with Crippen molar-refractivity contribution in [2.75, 3.05) is 10.8 Å². The van der Waals surface area contributed by atoms with E-state index in [0.29, 0.717) is 16.4 Å². The van der Waals surface area contributed by atoms with Crippen LogP contribution in [0.3, 0.4) is 0 Å². The molecule has 27 heavy (non-hydrogen) atoms. The molecule has 2 rings (SSSR count). The number of hydrogen-bond donors (Lipinski definition) is 1. The van der Waals surface area contributed by atoms with Gasteiger partial charge in [-0.25, -0.2) is 12.8 Å². The summed E-state index contributed by atoms with van der Waals surface area (Å²) in [4.78, 5) is 10.4. The molecule has 11 heteroatoms. The predicted molar refractivity (Wildman–Crippen MR) is 89.6 cm³/mol. The van der Waals surface area contributed by atoms with Crippen LogP contribution in [0.2, 0.25) is 5.02 Å². The van der Waals surface area contributed by atoms with Crippen molar-refractivity contribution >= 4 is 33.3 Å². The minimum Gasteiger partial charge on any atom is -0.481 e. The molecular formula is C16H12ClF4NO4S. The SMILES string of the molecule is O=C(O)CCN(c1cc(C(F)(F)F)ccc1Cl)S(=O)(=O)c1ccc(F)cc1. The molecule has 2 aromatic carbocycles. The molecule has 0 aliphatic rings. The number of halogens is 5. The van der Waals surface area contributed by atoms with Gasteiger partial charge in [0.05, 0.1) is 27.6 Å². The Morgan fingerprint density at radius 1 is 1.11 bits per heavy atom. The number of carbonyl (C=O) groups is 1. The van der Waals surface area contributed by atoms with Gasteiger partial charge in [-0.05, 0) is 42.5 Å². The number of hydrogen-bond acceptors (Lipinski definition) is 3. The lowest BCUT2D eigenvalue weighted by Gasteiger charge is -2.25. The number of benzene rings is 2. The standard InChI is InChI=1S/C16H12ClF4NO4S/c17-13-6-1-10(16(19,20)21)9-14(13)22(8-7-15(23)24)27(25,26)12-4-2-11(18)3-5-12/h1-6,9H,7-8H2,(H,23,24). The van der Waals surface area contributed by atoms with E-state index in [2.05, 4.69) is 0 Å². The van der Waals surface area contributed by atoms with Crippen LogP contribution < -0.4 is 4.31 Å². The summed E-state index contributed by atoms with van der Waals surface area (Å²) in [7, 11) is -4.50. The molecule has 0 aliphatic heterocycles. The fourth-order valence-corrected chi connectivity index (χ4v) is 3.93. The van der Waals surface area contributed by atoms with Crippen LogP contribution >= 0.6 is 11.6 Å². The number of anilines is 1. The summed E-state index contributed by atoms with van der Waals surface area (Å²) in [6.45, 7) is -0.671. The summed E-state index contributed by atoms with van der Waals surface area (Å²) in [5.74, 6) is -2.08. The highest BCUT2D eigenvalue weighted by Gasteiger charge is 2.34. The molecule has 0 fully saturated rings. The molecule has 0 spiro atoms. The first-order valence-electron chi connectivity index (χ1n) is 7.30. The van der Waals surface area contributed by atoms with Crippen molar-refractivity contribution in [3.05, 3.63) is 58.9 Å². The topological polar surface area (TPSA) is 74.7 Å². The Labute approximate surface area is 156 Å². The lowest BCUT2D eigenvalue weighted by atomic mass is 10.2. The van der Waals surface area contributed by atoms with Gasteiger partial charge in [-0.2, -0.15) is 13.2 Å². The van der Waals surface area contributed by atoms with E-state index < -0.39 is 57.1 Å². The lowest BCUT2D eigenvalue weighted by Crippen LogP contribution is -2.33. The molecule has 0 saturated heterocycles. The summed E-state index contributed by atoms with van der Waals surface area (Å²) in [6, 6.07) is 5.61. The smallest absolute Gasteiger partial charge is 0.416 e. The Morgan fingerprint density at radius 2 is 1.70 bits per heavy atom. The van der Waals surface area contributed by atoms with E-state index in [4.69, 9.17) is 16.7 Å². The summed E-state index contributed by atoms with van der Waals surface area (Å²) in [6.07, 6.45) is -5.45. The van der Waals surface area contributed by atoms with E-state index in [1.807, 2.05) is 0 Å². The second-order valence-electron chi connectivity index (χ2n) is 5.34. The number of aliphatic carboxylic acids is 1. The minimum atomic E-state index is -4.77. The monoisotopic (exact) mass is 425 g/mol. The van der Waals surface area contributed by atoms with Gasteiger partial charge in [0.1, 0.15) is 5.82 Å². The lowest BCUT2D eigenvalue weighted by molar-refractivity contribution is -0.138. The molecule has 0 aromatic heterocycles. The van der Waals surface area contributed by atoms with Gasteiger partial charge in [0.2, 0.25) is 0 Å². The number of rotatable bonds is 6. The molecule has 0 heterocycles. The quantitative estimate of drug-likeness (QED) is 0.705. The summed E-state index contributed by atoms with van der Waals surface area (Å²) < 4.78 is 78.2. The van der Waals surface area contributed by atoms with Gasteiger partial charge in [-0.3, -0.25) is 9.10 Å². The third-order valence-corrected chi connectivity index (χ3v) is 5.62. The highest BCUT2D eigenvalue weighted by Crippen LogP contribution is 2.37. The Bertz CT molecular complexity index is 946. The van der Waals surface area contributed by atoms with E-state index in [0.717, 1.165) is 30.3 Å². The number of carboxylic acids is 1. The van der Waals surface area contributed by atoms with Crippen LogP contribution in [0, 0.1) is 5.82 Å². The van der Waals surface area contributed by atoms with Gasteiger partial charge in [0, 0.05) is 6.54 Å². The van der Waals surface area contributed by atoms with Crippen molar-refractivity contribution in [1.29, 1.82) is 0 Å². The molecule has 0 bridgehead atoms. The summed E-state index contributed by atoms with van der Waals surface area (Å²) >= 11 is 5.89. The minimum absolute atomic E-state index is 0.320. The van der Waals surface area contributed by atoms with E-state index in [1.165, 1.54) is 0 Å². The van der Waals surface area contributed by atoms with Crippen LogP contribution in [0.25, 0.3) is 0 Å². The van der Waals surface area contributed by atoms with Gasteiger partial charge in [0.25, 0.3) is 10.0 Å². The molecule has 2 aromatic rings. The van der Waals surface area contributed by atoms with Crippen molar-refractivity contribution in [2.45, 2.75) is 17.5 Å². The highest BCUT2D eigenvalue weighted by atomic mass is 35.5. The fourth-order valence-electron chi connectivity index (χ4n) is 2.18. The van der Waals surface area contributed by atoms with Crippen LogP contribution in [-0.2, 0) is 21.0 Å². The van der Waals surface area contributed by atoms with Crippen molar-refractivity contribution in [3.63, 3.8) is 0 Å². The van der Waals surface area contributed by atoms with Crippen molar-refractivity contribution in [3.8, 4) is 0 Å². The maximum Gasteiger partial charge on any atom is 0.416 e. The predicted octanol–water partition coefficient (Wildman–Crippen LogP) is 4.17. The normalized spacial score (nSPS) is 12.0. The van der Waals surface area contributed by atoms with Crippen LogP contribution in [0.4, 0.5) is 23.2 Å². The third-order valence-electron chi connectivity index (χ3n) is 3.47. The van der Waals surface area contributed by atoms with Gasteiger partial charge < -0.3 is 5.11 Å². The van der Waals surface area contributed by atoms with E-state index in [1.54, 1.807) is 0 Å². The molecule has 0 aliphatic carbocycles. The molecular weight excluding hydrogens is 414 g/mol. The molecule has 1 N–H and O–H groups in total. The van der Waals surface area contributed by atoms with Crippen LogP contribution in [-0.4, -0.2) is 26.0 Å². The summed E-state index contributed by atoms with van der Waals surface area (Å²) in [5.41, 5.74) is -1.69. The van der Waals surface area contributed by atoms with Crippen molar-refractivity contribution in [2.24, 2.45) is 0 Å². The zero-order valence-corrected chi connectivity index (χ0v) is 14.9. The Kier molecular flexibility index (Phi) is 6.01. The summed E-state index contributed by atoms with van der Waals surface area (Å²) in [5, 5.41) is 8.53. The zero-order chi connectivity index (χ0) is 20.4. The zero-order valence-electron chi connectivity index (χ0n) is 13.4. The van der Waals surface area contributed by atoms with Crippen molar-refractivity contribution < 1.29 is 35.9 Å². The van der Waals surface area contributed by atoms with Gasteiger partial charge >= 0.3 is 12.1 Å². The van der Waals surface area contributed by atoms with E-state index >= 15 is 0 Å². The second-order valence-corrected chi connectivity index (χ2v) is 7.61. The maximum atomic E-state index is 13.1. The number of alkyl halides is 3. The van der Waals surface area contributed by atoms with Crippen LogP contribution in [0.5, 0.6) is 0 Å². The molecule has 0 unspecified atom stereocenters. The van der Waals surface area contributed by atoms with Gasteiger partial charge in [-0.1, -0.05) is 11.6 Å². The molecule has 5 nitrogen and oxygen atoms in total.